The van der Waals surface area contributed by atoms with Gasteiger partial charge >= 0.3 is 0 Å². The Morgan fingerprint density at radius 3 is 2.46 bits per heavy atom. The summed E-state index contributed by atoms with van der Waals surface area (Å²) < 4.78 is 0. The van der Waals surface area contributed by atoms with Crippen LogP contribution in [0.3, 0.4) is 0 Å². The molecule has 1 saturated heterocycles. The third-order valence-electron chi connectivity index (χ3n) is 3.61. The van der Waals surface area contributed by atoms with Gasteiger partial charge in [-0.3, -0.25) is 4.90 Å². The van der Waals surface area contributed by atoms with E-state index in [-0.39, 0.29) is 6.04 Å². The highest BCUT2D eigenvalue weighted by Gasteiger charge is 2.32. The standard InChI is InChI=1S/C11H18N2/c1-9(6-12)13-7-10-3-2-4-11(5-10)8-13/h9-11H,2-5,7-8H2,1H3. The Morgan fingerprint density at radius 1 is 1.31 bits per heavy atom. The zero-order valence-electron chi connectivity index (χ0n) is 8.37. The molecule has 2 nitrogen and oxygen atoms in total. The first-order chi connectivity index (χ1) is 6.29. The highest BCUT2D eigenvalue weighted by Crippen LogP contribution is 2.34. The van der Waals surface area contributed by atoms with E-state index in [9.17, 15) is 0 Å². The summed E-state index contributed by atoms with van der Waals surface area (Å²) in [6.45, 7) is 4.37. The van der Waals surface area contributed by atoms with Crippen molar-refractivity contribution in [3.05, 3.63) is 0 Å². The molecule has 2 aliphatic rings. The molecule has 1 aliphatic carbocycles. The van der Waals surface area contributed by atoms with Gasteiger partial charge in [0.2, 0.25) is 0 Å². The van der Waals surface area contributed by atoms with Gasteiger partial charge in [-0.15, -0.1) is 0 Å². The highest BCUT2D eigenvalue weighted by molar-refractivity contribution is 4.93. The average molecular weight is 178 g/mol. The quantitative estimate of drug-likeness (QED) is 0.614. The van der Waals surface area contributed by atoms with Gasteiger partial charge < -0.3 is 0 Å². The van der Waals surface area contributed by atoms with E-state index in [0.29, 0.717) is 0 Å². The minimum absolute atomic E-state index is 0.128. The molecule has 1 aliphatic heterocycles. The van der Waals surface area contributed by atoms with Gasteiger partial charge in [0.1, 0.15) is 0 Å². The van der Waals surface area contributed by atoms with Crippen LogP contribution in [0.2, 0.25) is 0 Å². The van der Waals surface area contributed by atoms with E-state index in [0.717, 1.165) is 11.8 Å². The first-order valence-electron chi connectivity index (χ1n) is 5.43. The minimum atomic E-state index is 0.128. The van der Waals surface area contributed by atoms with Crippen LogP contribution < -0.4 is 0 Å². The second-order valence-corrected chi connectivity index (χ2v) is 4.66. The van der Waals surface area contributed by atoms with E-state index in [2.05, 4.69) is 11.0 Å². The van der Waals surface area contributed by atoms with E-state index < -0.39 is 0 Å². The van der Waals surface area contributed by atoms with Crippen LogP contribution in [-0.2, 0) is 0 Å². The van der Waals surface area contributed by atoms with Gasteiger partial charge in [0.25, 0.3) is 0 Å². The fourth-order valence-electron chi connectivity index (χ4n) is 2.87. The van der Waals surface area contributed by atoms with Crippen LogP contribution in [0.4, 0.5) is 0 Å². The first-order valence-corrected chi connectivity index (χ1v) is 5.43. The molecule has 0 N–H and O–H groups in total. The summed E-state index contributed by atoms with van der Waals surface area (Å²) in [5.74, 6) is 1.78. The molecule has 0 aromatic rings. The Bertz CT molecular complexity index is 207. The number of piperidine rings is 1. The Hall–Kier alpha value is -0.550. The summed E-state index contributed by atoms with van der Waals surface area (Å²) in [6, 6.07) is 2.48. The van der Waals surface area contributed by atoms with Crippen molar-refractivity contribution >= 4 is 0 Å². The van der Waals surface area contributed by atoms with Gasteiger partial charge in [0.15, 0.2) is 0 Å². The molecule has 0 aromatic carbocycles. The predicted octanol–water partition coefficient (Wildman–Crippen LogP) is 2.02. The fourth-order valence-corrected chi connectivity index (χ4v) is 2.87. The lowest BCUT2D eigenvalue weighted by Crippen LogP contribution is -2.46. The van der Waals surface area contributed by atoms with Gasteiger partial charge in [0.05, 0.1) is 12.1 Å². The lowest BCUT2D eigenvalue weighted by Gasteiger charge is -2.42. The molecular weight excluding hydrogens is 160 g/mol. The summed E-state index contributed by atoms with van der Waals surface area (Å²) in [5, 5.41) is 8.86. The molecule has 0 spiro atoms. The summed E-state index contributed by atoms with van der Waals surface area (Å²) in [5.41, 5.74) is 0. The molecule has 0 amide bonds. The number of hydrogen-bond acceptors (Lipinski definition) is 2. The van der Waals surface area contributed by atoms with E-state index in [1.165, 1.54) is 38.8 Å². The first kappa shape index (κ1) is 9.02. The third-order valence-corrected chi connectivity index (χ3v) is 3.61. The fraction of sp³-hybridized carbons (Fsp3) is 0.909. The van der Waals surface area contributed by atoms with Crippen molar-refractivity contribution in [1.82, 2.24) is 4.90 Å². The summed E-state index contributed by atoms with van der Waals surface area (Å²) in [4.78, 5) is 2.37. The van der Waals surface area contributed by atoms with Gasteiger partial charge in [-0.1, -0.05) is 6.42 Å². The molecule has 13 heavy (non-hydrogen) atoms. The molecule has 2 heteroatoms. The Labute approximate surface area is 80.5 Å². The predicted molar refractivity (Wildman–Crippen MR) is 52.1 cm³/mol. The van der Waals surface area contributed by atoms with E-state index >= 15 is 0 Å². The molecule has 72 valence electrons. The molecular formula is C11H18N2. The molecule has 3 atom stereocenters. The topological polar surface area (TPSA) is 27.0 Å². The smallest absolute Gasteiger partial charge is 0.0949 e. The SMILES string of the molecule is CC(C#N)N1CC2CCCC(C2)C1. The molecule has 2 rings (SSSR count). The second kappa shape index (κ2) is 3.67. The van der Waals surface area contributed by atoms with Gasteiger partial charge in [-0.05, 0) is 38.0 Å². The maximum absolute atomic E-state index is 8.86. The molecule has 3 unspecified atom stereocenters. The zero-order valence-corrected chi connectivity index (χ0v) is 8.37. The Morgan fingerprint density at radius 2 is 1.92 bits per heavy atom. The zero-order chi connectivity index (χ0) is 9.26. The Kier molecular flexibility index (Phi) is 2.55. The van der Waals surface area contributed by atoms with Crippen LogP contribution in [0.25, 0.3) is 0 Å². The van der Waals surface area contributed by atoms with Crippen LogP contribution in [-0.4, -0.2) is 24.0 Å². The van der Waals surface area contributed by atoms with Crippen molar-refractivity contribution < 1.29 is 0 Å². The van der Waals surface area contributed by atoms with Crippen LogP contribution >= 0.6 is 0 Å². The molecule has 0 radical (unpaired) electrons. The Balaban J connectivity index is 1.98. The van der Waals surface area contributed by atoms with E-state index in [1.807, 2.05) is 6.92 Å². The monoisotopic (exact) mass is 178 g/mol. The maximum atomic E-state index is 8.86. The van der Waals surface area contributed by atoms with Crippen LogP contribution in [0.1, 0.15) is 32.6 Å². The van der Waals surface area contributed by atoms with Crippen molar-refractivity contribution in [2.75, 3.05) is 13.1 Å². The molecule has 2 fully saturated rings. The van der Waals surface area contributed by atoms with Crippen LogP contribution in [0.15, 0.2) is 0 Å². The van der Waals surface area contributed by atoms with E-state index in [4.69, 9.17) is 5.26 Å². The normalized spacial score (nSPS) is 36.6. The van der Waals surface area contributed by atoms with Crippen molar-refractivity contribution in [2.24, 2.45) is 11.8 Å². The van der Waals surface area contributed by atoms with Crippen LogP contribution in [0.5, 0.6) is 0 Å². The lowest BCUT2D eigenvalue weighted by atomic mass is 9.77. The molecule has 1 saturated carbocycles. The van der Waals surface area contributed by atoms with Crippen molar-refractivity contribution in [3.63, 3.8) is 0 Å². The number of likely N-dealkylation sites (tertiary alicyclic amines) is 1. The highest BCUT2D eigenvalue weighted by atomic mass is 15.2. The summed E-state index contributed by atoms with van der Waals surface area (Å²) in [7, 11) is 0. The summed E-state index contributed by atoms with van der Waals surface area (Å²) >= 11 is 0. The van der Waals surface area contributed by atoms with Gasteiger partial charge in [0, 0.05) is 13.1 Å². The second-order valence-electron chi connectivity index (χ2n) is 4.66. The number of nitrogens with zero attached hydrogens (tertiary/aromatic N) is 2. The number of rotatable bonds is 1. The van der Waals surface area contributed by atoms with Crippen LogP contribution in [0, 0.1) is 23.2 Å². The third kappa shape index (κ3) is 1.86. The van der Waals surface area contributed by atoms with Gasteiger partial charge in [-0.2, -0.15) is 5.26 Å². The van der Waals surface area contributed by atoms with Crippen molar-refractivity contribution in [2.45, 2.75) is 38.6 Å². The van der Waals surface area contributed by atoms with Crippen molar-refractivity contribution in [1.29, 1.82) is 5.26 Å². The average Bonchev–Trinajstić information content (AvgIpc) is 2.16. The molecule has 2 bridgehead atoms. The van der Waals surface area contributed by atoms with E-state index in [1.54, 1.807) is 0 Å². The summed E-state index contributed by atoms with van der Waals surface area (Å²) in [6.07, 6.45) is 5.63. The number of nitriles is 1. The minimum Gasteiger partial charge on any atom is -0.288 e. The van der Waals surface area contributed by atoms with Crippen molar-refractivity contribution in [3.8, 4) is 6.07 Å². The molecule has 0 aromatic heterocycles. The number of fused-ring (bicyclic) bond motifs is 2. The number of hydrogen-bond donors (Lipinski definition) is 0. The lowest BCUT2D eigenvalue weighted by molar-refractivity contribution is 0.0738. The molecule has 1 heterocycles. The largest absolute Gasteiger partial charge is 0.288 e. The maximum Gasteiger partial charge on any atom is 0.0949 e. The van der Waals surface area contributed by atoms with Gasteiger partial charge in [-0.25, -0.2) is 0 Å².